The van der Waals surface area contributed by atoms with Crippen molar-refractivity contribution in [3.63, 3.8) is 0 Å². The second-order valence-electron chi connectivity index (χ2n) is 6.98. The van der Waals surface area contributed by atoms with E-state index in [-0.39, 0.29) is 0 Å². The molecule has 0 bridgehead atoms. The summed E-state index contributed by atoms with van der Waals surface area (Å²) >= 11 is 1.67. The molecule has 144 valence electrons. The topological polar surface area (TPSA) is 64.4 Å². The number of furan rings is 1. The molecule has 8 heteroatoms. The Hall–Kier alpha value is -2.74. The fourth-order valence-electron chi connectivity index (χ4n) is 3.61. The first-order valence-electron chi connectivity index (χ1n) is 9.63. The van der Waals surface area contributed by atoms with Gasteiger partial charge in [0.2, 0.25) is 5.95 Å². The lowest BCUT2D eigenvalue weighted by atomic mass is 10.1. The predicted molar refractivity (Wildman–Crippen MR) is 109 cm³/mol. The largest absolute Gasteiger partial charge is 0.467 e. The molecule has 0 unspecified atom stereocenters. The van der Waals surface area contributed by atoms with Gasteiger partial charge in [-0.3, -0.25) is 4.57 Å². The van der Waals surface area contributed by atoms with Gasteiger partial charge in [0, 0.05) is 31.2 Å². The van der Waals surface area contributed by atoms with Crippen molar-refractivity contribution in [1.82, 2.24) is 24.1 Å². The number of piperidine rings is 1. The average molecular weight is 395 g/mol. The molecule has 1 aliphatic heterocycles. The van der Waals surface area contributed by atoms with Crippen LogP contribution in [0.3, 0.4) is 0 Å². The van der Waals surface area contributed by atoms with Crippen molar-refractivity contribution in [3.8, 4) is 0 Å². The van der Waals surface area contributed by atoms with Crippen molar-refractivity contribution >= 4 is 23.4 Å². The highest BCUT2D eigenvalue weighted by Gasteiger charge is 2.21. The Morgan fingerprint density at radius 1 is 1.04 bits per heavy atom. The molecule has 0 radical (unpaired) electrons. The van der Waals surface area contributed by atoms with E-state index < -0.39 is 0 Å². The number of hydrogen-bond donors (Lipinski definition) is 0. The molecule has 4 aromatic rings. The SMILES string of the molecule is c1coc(Cn2c(SCc3cn4ccccc4n3)nnc2N2CCCCC2)c1. The van der Waals surface area contributed by atoms with E-state index >= 15 is 0 Å². The number of thioether (sulfide) groups is 1. The molecule has 28 heavy (non-hydrogen) atoms. The van der Waals surface area contributed by atoms with E-state index in [9.17, 15) is 0 Å². The fourth-order valence-corrected chi connectivity index (χ4v) is 4.42. The minimum Gasteiger partial charge on any atom is -0.467 e. The fraction of sp³-hybridized carbons (Fsp3) is 0.350. The highest BCUT2D eigenvalue weighted by atomic mass is 32.2. The zero-order valence-corrected chi connectivity index (χ0v) is 16.4. The van der Waals surface area contributed by atoms with Crippen LogP contribution in [-0.4, -0.2) is 37.2 Å². The maximum atomic E-state index is 5.59. The van der Waals surface area contributed by atoms with E-state index in [1.807, 2.05) is 40.9 Å². The van der Waals surface area contributed by atoms with Gasteiger partial charge in [-0.2, -0.15) is 0 Å². The van der Waals surface area contributed by atoms with Gasteiger partial charge < -0.3 is 13.7 Å². The molecule has 0 aliphatic carbocycles. The normalized spacial score (nSPS) is 14.8. The van der Waals surface area contributed by atoms with Crippen LogP contribution in [0, 0.1) is 0 Å². The number of anilines is 1. The highest BCUT2D eigenvalue weighted by molar-refractivity contribution is 7.98. The van der Waals surface area contributed by atoms with E-state index in [4.69, 9.17) is 4.42 Å². The number of hydrogen-bond acceptors (Lipinski definition) is 6. The van der Waals surface area contributed by atoms with Crippen molar-refractivity contribution in [2.24, 2.45) is 0 Å². The summed E-state index contributed by atoms with van der Waals surface area (Å²) in [5.41, 5.74) is 1.99. The minimum atomic E-state index is 0.638. The molecule has 0 saturated carbocycles. The third kappa shape index (κ3) is 3.52. The lowest BCUT2D eigenvalue weighted by Gasteiger charge is -2.27. The molecular weight excluding hydrogens is 372 g/mol. The smallest absolute Gasteiger partial charge is 0.228 e. The highest BCUT2D eigenvalue weighted by Crippen LogP contribution is 2.27. The van der Waals surface area contributed by atoms with Crippen LogP contribution in [0.5, 0.6) is 0 Å². The van der Waals surface area contributed by atoms with Crippen LogP contribution >= 0.6 is 11.8 Å². The maximum absolute atomic E-state index is 5.59. The number of aromatic nitrogens is 5. The summed E-state index contributed by atoms with van der Waals surface area (Å²) in [4.78, 5) is 7.03. The lowest BCUT2D eigenvalue weighted by Crippen LogP contribution is -2.32. The predicted octanol–water partition coefficient (Wildman–Crippen LogP) is 3.85. The Morgan fingerprint density at radius 3 is 2.79 bits per heavy atom. The van der Waals surface area contributed by atoms with Gasteiger partial charge >= 0.3 is 0 Å². The van der Waals surface area contributed by atoms with Gasteiger partial charge in [-0.25, -0.2) is 4.98 Å². The van der Waals surface area contributed by atoms with E-state index in [1.54, 1.807) is 18.0 Å². The molecule has 0 N–H and O–H groups in total. The van der Waals surface area contributed by atoms with Crippen molar-refractivity contribution in [2.75, 3.05) is 18.0 Å². The van der Waals surface area contributed by atoms with Crippen LogP contribution in [0.15, 0.2) is 58.6 Å². The van der Waals surface area contributed by atoms with Crippen LogP contribution in [0.4, 0.5) is 5.95 Å². The quantitative estimate of drug-likeness (QED) is 0.463. The van der Waals surface area contributed by atoms with Crippen molar-refractivity contribution in [2.45, 2.75) is 36.7 Å². The van der Waals surface area contributed by atoms with Gasteiger partial charge in [-0.15, -0.1) is 10.2 Å². The van der Waals surface area contributed by atoms with Gasteiger partial charge in [0.25, 0.3) is 0 Å². The van der Waals surface area contributed by atoms with Crippen molar-refractivity contribution in [3.05, 3.63) is 60.4 Å². The average Bonchev–Trinajstić information content (AvgIpc) is 3.47. The van der Waals surface area contributed by atoms with Crippen molar-refractivity contribution in [1.29, 1.82) is 0 Å². The molecule has 5 rings (SSSR count). The summed E-state index contributed by atoms with van der Waals surface area (Å²) in [6, 6.07) is 9.95. The van der Waals surface area contributed by atoms with Gasteiger partial charge in [0.05, 0.1) is 18.5 Å². The summed E-state index contributed by atoms with van der Waals surface area (Å²) in [5.74, 6) is 2.60. The summed E-state index contributed by atoms with van der Waals surface area (Å²) < 4.78 is 9.80. The summed E-state index contributed by atoms with van der Waals surface area (Å²) in [7, 11) is 0. The number of fused-ring (bicyclic) bond motifs is 1. The maximum Gasteiger partial charge on any atom is 0.228 e. The van der Waals surface area contributed by atoms with Crippen LogP contribution in [0.1, 0.15) is 30.7 Å². The van der Waals surface area contributed by atoms with Gasteiger partial charge in [-0.1, -0.05) is 17.8 Å². The first kappa shape index (κ1) is 17.4. The summed E-state index contributed by atoms with van der Waals surface area (Å²) in [6.45, 7) is 2.71. The van der Waals surface area contributed by atoms with E-state index in [2.05, 4.69) is 30.8 Å². The van der Waals surface area contributed by atoms with Gasteiger partial charge in [-0.05, 0) is 43.5 Å². The number of nitrogens with zero attached hydrogens (tertiary/aromatic N) is 6. The van der Waals surface area contributed by atoms with Crippen LogP contribution in [0.2, 0.25) is 0 Å². The second kappa shape index (κ2) is 7.71. The molecule has 0 amide bonds. The van der Waals surface area contributed by atoms with Crippen LogP contribution < -0.4 is 4.90 Å². The number of rotatable bonds is 6. The van der Waals surface area contributed by atoms with Crippen LogP contribution in [0.25, 0.3) is 5.65 Å². The number of imidazole rings is 1. The molecule has 0 aromatic carbocycles. The third-order valence-electron chi connectivity index (χ3n) is 4.99. The standard InChI is InChI=1S/C20H22N6OS/c1-3-9-24(10-4-1)19-22-23-20(26(19)14-17-7-6-12-27-17)28-15-16-13-25-11-5-2-8-18(25)21-16/h2,5-8,11-13H,1,3-4,9-10,14-15H2. The first-order chi connectivity index (χ1) is 13.9. The number of pyridine rings is 1. The Balaban J connectivity index is 1.40. The first-order valence-corrected chi connectivity index (χ1v) is 10.6. The molecule has 0 atom stereocenters. The van der Waals surface area contributed by atoms with E-state index in [0.717, 1.165) is 47.0 Å². The zero-order valence-electron chi connectivity index (χ0n) is 15.6. The minimum absolute atomic E-state index is 0.638. The Bertz CT molecular complexity index is 1010. The summed E-state index contributed by atoms with van der Waals surface area (Å²) in [6.07, 6.45) is 9.50. The molecular formula is C20H22N6OS. The lowest BCUT2D eigenvalue weighted by molar-refractivity contribution is 0.479. The zero-order chi connectivity index (χ0) is 18.8. The molecule has 1 aliphatic rings. The summed E-state index contributed by atoms with van der Waals surface area (Å²) in [5, 5.41) is 9.92. The Labute approximate surface area is 167 Å². The van der Waals surface area contributed by atoms with E-state index in [1.165, 1.54) is 19.3 Å². The molecule has 5 heterocycles. The third-order valence-corrected chi connectivity index (χ3v) is 5.99. The molecule has 1 fully saturated rings. The van der Waals surface area contributed by atoms with E-state index in [0.29, 0.717) is 6.54 Å². The molecule has 7 nitrogen and oxygen atoms in total. The Kier molecular flexibility index (Phi) is 4.78. The molecule has 1 saturated heterocycles. The molecule has 4 aromatic heterocycles. The molecule has 0 spiro atoms. The van der Waals surface area contributed by atoms with Crippen LogP contribution in [-0.2, 0) is 12.3 Å². The monoisotopic (exact) mass is 394 g/mol. The Morgan fingerprint density at radius 2 is 1.96 bits per heavy atom. The second-order valence-corrected chi connectivity index (χ2v) is 7.93. The van der Waals surface area contributed by atoms with Gasteiger partial charge in [0.1, 0.15) is 11.4 Å². The van der Waals surface area contributed by atoms with Gasteiger partial charge in [0.15, 0.2) is 5.16 Å². The van der Waals surface area contributed by atoms with Crippen molar-refractivity contribution < 1.29 is 4.42 Å².